The number of nitrogens with two attached hydrogens (primary N) is 1. The zero-order valence-electron chi connectivity index (χ0n) is 10.3. The molecule has 17 heavy (non-hydrogen) atoms. The number of hydrogen-bond acceptors (Lipinski definition) is 3. The number of methoxy groups -OCH3 is 1. The summed E-state index contributed by atoms with van der Waals surface area (Å²) in [6.07, 6.45) is 1.07. The minimum Gasteiger partial charge on any atom is -0.497 e. The molecule has 1 aliphatic heterocycles. The van der Waals surface area contributed by atoms with Crippen LogP contribution in [0.25, 0.3) is 0 Å². The van der Waals surface area contributed by atoms with Crippen molar-refractivity contribution in [3.8, 4) is 5.75 Å². The molecule has 1 aromatic rings. The van der Waals surface area contributed by atoms with Gasteiger partial charge in [-0.05, 0) is 24.5 Å². The first-order valence-electron chi connectivity index (χ1n) is 5.84. The Kier molecular flexibility index (Phi) is 3.22. The predicted octanol–water partition coefficient (Wildman–Crippen LogP) is 1.76. The summed E-state index contributed by atoms with van der Waals surface area (Å²) in [6, 6.07) is 5.19. The molecule has 1 amide bonds. The van der Waals surface area contributed by atoms with Crippen LogP contribution in [0.4, 0.5) is 5.69 Å². The second kappa shape index (κ2) is 4.65. The zero-order valence-corrected chi connectivity index (χ0v) is 10.3. The molecule has 1 aromatic carbocycles. The Hall–Kier alpha value is -1.71. The molecule has 0 aromatic heterocycles. The molecule has 1 atom stereocenters. The molecule has 0 spiro atoms. The monoisotopic (exact) mass is 234 g/mol. The van der Waals surface area contributed by atoms with Gasteiger partial charge in [0.15, 0.2) is 0 Å². The molecule has 1 saturated heterocycles. The lowest BCUT2D eigenvalue weighted by Crippen LogP contribution is -2.29. The molecule has 0 saturated carbocycles. The van der Waals surface area contributed by atoms with Crippen LogP contribution in [0.15, 0.2) is 18.2 Å². The predicted molar refractivity (Wildman–Crippen MR) is 67.1 cm³/mol. The van der Waals surface area contributed by atoms with Gasteiger partial charge in [-0.2, -0.15) is 0 Å². The molecule has 1 fully saturated rings. The maximum absolute atomic E-state index is 12.2. The van der Waals surface area contributed by atoms with Crippen molar-refractivity contribution in [2.75, 3.05) is 25.9 Å². The first-order chi connectivity index (χ1) is 8.11. The van der Waals surface area contributed by atoms with Crippen LogP contribution in [0.3, 0.4) is 0 Å². The molecule has 1 unspecified atom stereocenters. The molecule has 2 rings (SSSR count). The van der Waals surface area contributed by atoms with E-state index in [0.717, 1.165) is 19.5 Å². The molecule has 4 nitrogen and oxygen atoms in total. The number of nitrogens with zero attached hydrogens (tertiary/aromatic N) is 1. The largest absolute Gasteiger partial charge is 0.497 e. The second-order valence-corrected chi connectivity index (χ2v) is 4.60. The fourth-order valence-corrected chi connectivity index (χ4v) is 2.15. The van der Waals surface area contributed by atoms with E-state index in [-0.39, 0.29) is 5.91 Å². The summed E-state index contributed by atoms with van der Waals surface area (Å²) in [6.45, 7) is 3.81. The van der Waals surface area contributed by atoms with Crippen LogP contribution in [0.2, 0.25) is 0 Å². The Balaban J connectivity index is 2.19. The molecular weight excluding hydrogens is 216 g/mol. The number of likely N-dealkylation sites (tertiary alicyclic amines) is 1. The van der Waals surface area contributed by atoms with Gasteiger partial charge >= 0.3 is 0 Å². The Labute approximate surface area is 101 Å². The first-order valence-corrected chi connectivity index (χ1v) is 5.84. The van der Waals surface area contributed by atoms with Crippen molar-refractivity contribution in [2.45, 2.75) is 13.3 Å². The third kappa shape index (κ3) is 2.35. The number of hydrogen-bond donors (Lipinski definition) is 1. The number of nitrogen functional groups attached to an aromatic ring is 1. The van der Waals surface area contributed by atoms with E-state index < -0.39 is 0 Å². The van der Waals surface area contributed by atoms with E-state index in [1.807, 2.05) is 4.90 Å². The van der Waals surface area contributed by atoms with Gasteiger partial charge in [-0.15, -0.1) is 0 Å². The van der Waals surface area contributed by atoms with E-state index in [4.69, 9.17) is 10.5 Å². The summed E-state index contributed by atoms with van der Waals surface area (Å²) in [4.78, 5) is 14.1. The second-order valence-electron chi connectivity index (χ2n) is 4.60. The Morgan fingerprint density at radius 2 is 2.29 bits per heavy atom. The minimum atomic E-state index is 0.0227. The van der Waals surface area contributed by atoms with Gasteiger partial charge in [-0.25, -0.2) is 0 Å². The van der Waals surface area contributed by atoms with Gasteiger partial charge in [0.1, 0.15) is 5.75 Å². The van der Waals surface area contributed by atoms with E-state index >= 15 is 0 Å². The number of carbonyl (C=O) groups is 1. The first kappa shape index (κ1) is 11.8. The standard InChI is InChI=1S/C13H18N2O2/c1-9-5-6-15(8-9)13(16)11-4-3-10(17-2)7-12(11)14/h3-4,7,9H,5-6,8,14H2,1-2H3. The average molecular weight is 234 g/mol. The Morgan fingerprint density at radius 3 is 2.82 bits per heavy atom. The fraction of sp³-hybridized carbons (Fsp3) is 0.462. The van der Waals surface area contributed by atoms with Gasteiger partial charge in [-0.1, -0.05) is 6.92 Å². The lowest BCUT2D eigenvalue weighted by atomic mass is 10.1. The van der Waals surface area contributed by atoms with Crippen molar-refractivity contribution in [1.29, 1.82) is 0 Å². The lowest BCUT2D eigenvalue weighted by Gasteiger charge is -2.17. The lowest BCUT2D eigenvalue weighted by molar-refractivity contribution is 0.0789. The summed E-state index contributed by atoms with van der Waals surface area (Å²) in [7, 11) is 1.58. The van der Waals surface area contributed by atoms with Gasteiger partial charge in [0.05, 0.1) is 12.7 Å². The number of carbonyl (C=O) groups excluding carboxylic acids is 1. The number of anilines is 1. The zero-order chi connectivity index (χ0) is 12.4. The SMILES string of the molecule is COc1ccc(C(=O)N2CCC(C)C2)c(N)c1. The Morgan fingerprint density at radius 1 is 1.53 bits per heavy atom. The van der Waals surface area contributed by atoms with Crippen LogP contribution >= 0.6 is 0 Å². The van der Waals surface area contributed by atoms with Gasteiger partial charge in [-0.3, -0.25) is 4.79 Å². The summed E-state index contributed by atoms with van der Waals surface area (Å²) < 4.78 is 5.07. The van der Waals surface area contributed by atoms with E-state index in [9.17, 15) is 4.79 Å². The topological polar surface area (TPSA) is 55.6 Å². The highest BCUT2D eigenvalue weighted by Crippen LogP contribution is 2.24. The minimum absolute atomic E-state index is 0.0227. The summed E-state index contributed by atoms with van der Waals surface area (Å²) in [5.74, 6) is 1.28. The van der Waals surface area contributed by atoms with Crippen molar-refractivity contribution in [3.05, 3.63) is 23.8 Å². The molecular formula is C13H18N2O2. The van der Waals surface area contributed by atoms with Crippen LogP contribution < -0.4 is 10.5 Å². The number of amides is 1. The number of ether oxygens (including phenoxy) is 1. The van der Waals surface area contributed by atoms with Crippen molar-refractivity contribution in [1.82, 2.24) is 4.90 Å². The molecule has 1 aliphatic rings. The van der Waals surface area contributed by atoms with Crippen molar-refractivity contribution >= 4 is 11.6 Å². The summed E-state index contributed by atoms with van der Waals surface area (Å²) in [5.41, 5.74) is 6.92. The van der Waals surface area contributed by atoms with Crippen molar-refractivity contribution in [2.24, 2.45) is 5.92 Å². The van der Waals surface area contributed by atoms with Crippen molar-refractivity contribution < 1.29 is 9.53 Å². The van der Waals surface area contributed by atoms with Crippen LogP contribution in [0, 0.1) is 5.92 Å². The van der Waals surface area contributed by atoms with Gasteiger partial charge < -0.3 is 15.4 Å². The van der Waals surface area contributed by atoms with E-state index in [0.29, 0.717) is 22.9 Å². The smallest absolute Gasteiger partial charge is 0.255 e. The van der Waals surface area contributed by atoms with E-state index in [2.05, 4.69) is 6.92 Å². The molecule has 0 radical (unpaired) electrons. The van der Waals surface area contributed by atoms with E-state index in [1.165, 1.54) is 0 Å². The molecule has 4 heteroatoms. The maximum atomic E-state index is 12.2. The molecule has 1 heterocycles. The third-order valence-corrected chi connectivity index (χ3v) is 3.20. The van der Waals surface area contributed by atoms with Crippen molar-refractivity contribution in [3.63, 3.8) is 0 Å². The molecule has 0 aliphatic carbocycles. The highest BCUT2D eigenvalue weighted by Gasteiger charge is 2.25. The number of benzene rings is 1. The highest BCUT2D eigenvalue weighted by molar-refractivity contribution is 5.99. The van der Waals surface area contributed by atoms with Crippen LogP contribution in [-0.4, -0.2) is 31.0 Å². The van der Waals surface area contributed by atoms with Gasteiger partial charge in [0.25, 0.3) is 5.91 Å². The number of rotatable bonds is 2. The van der Waals surface area contributed by atoms with Crippen LogP contribution in [-0.2, 0) is 0 Å². The van der Waals surface area contributed by atoms with Crippen LogP contribution in [0.1, 0.15) is 23.7 Å². The fourth-order valence-electron chi connectivity index (χ4n) is 2.15. The third-order valence-electron chi connectivity index (χ3n) is 3.20. The summed E-state index contributed by atoms with van der Waals surface area (Å²) >= 11 is 0. The van der Waals surface area contributed by atoms with Gasteiger partial charge in [0.2, 0.25) is 0 Å². The summed E-state index contributed by atoms with van der Waals surface area (Å²) in [5, 5.41) is 0. The van der Waals surface area contributed by atoms with E-state index in [1.54, 1.807) is 25.3 Å². The maximum Gasteiger partial charge on any atom is 0.255 e. The highest BCUT2D eigenvalue weighted by atomic mass is 16.5. The average Bonchev–Trinajstić information content (AvgIpc) is 2.75. The quantitative estimate of drug-likeness (QED) is 0.793. The Bertz CT molecular complexity index is 431. The molecule has 0 bridgehead atoms. The van der Waals surface area contributed by atoms with Crippen LogP contribution in [0.5, 0.6) is 5.75 Å². The molecule has 92 valence electrons. The van der Waals surface area contributed by atoms with Gasteiger partial charge in [0, 0.05) is 24.8 Å². The normalized spacial score (nSPS) is 19.4. The molecule has 2 N–H and O–H groups in total.